The topological polar surface area (TPSA) is 105 Å². The summed E-state index contributed by atoms with van der Waals surface area (Å²) in [7, 11) is 0. The molecule has 9 nitrogen and oxygen atoms in total. The second-order valence-corrected chi connectivity index (χ2v) is 22.7. The molecule has 0 spiro atoms. The Morgan fingerprint density at radius 2 is 0.615 bits per heavy atom. The Bertz CT molecular complexity index is 1980. The fourth-order valence-corrected chi connectivity index (χ4v) is 9.11. The highest BCUT2D eigenvalue weighted by molar-refractivity contribution is 7.99. The van der Waals surface area contributed by atoms with Crippen LogP contribution in [-0.2, 0) is 64.6 Å². The number of aromatic hydroxyl groups is 2. The highest BCUT2D eigenvalue weighted by atomic mass is 32.2. The van der Waals surface area contributed by atoms with Crippen LogP contribution in [0.2, 0.25) is 0 Å². The zero-order chi connectivity index (χ0) is 47.2. The second kappa shape index (κ2) is 21.5. The minimum atomic E-state index is -0.215. The summed E-state index contributed by atoms with van der Waals surface area (Å²) in [5.41, 5.74) is 9.04. The number of phenolic OH excluding ortho intramolecular Hbond substituents is 2. The van der Waals surface area contributed by atoms with Crippen molar-refractivity contribution in [1.29, 1.82) is 0 Å². The molecule has 2 N–H and O–H groups in total. The van der Waals surface area contributed by atoms with Crippen LogP contribution in [0.1, 0.15) is 139 Å². The van der Waals surface area contributed by atoms with E-state index in [2.05, 4.69) is 132 Å². The van der Waals surface area contributed by atoms with Gasteiger partial charge in [-0.15, -0.1) is 0 Å². The van der Waals surface area contributed by atoms with Gasteiger partial charge in [-0.3, -0.25) is 0 Å². The van der Waals surface area contributed by atoms with Crippen LogP contribution in [0.4, 0.5) is 0 Å². The van der Waals surface area contributed by atoms with Crippen molar-refractivity contribution in [2.75, 3.05) is 79.3 Å². The molecule has 2 aliphatic heterocycles. The van der Waals surface area contributed by atoms with Gasteiger partial charge in [-0.05, 0) is 83.9 Å². The lowest BCUT2D eigenvalue weighted by molar-refractivity contribution is -0.0142. The van der Waals surface area contributed by atoms with Gasteiger partial charge in [-0.25, -0.2) is 0 Å². The van der Waals surface area contributed by atoms with Crippen LogP contribution in [0, 0.1) is 0 Å². The van der Waals surface area contributed by atoms with Crippen molar-refractivity contribution < 1.29 is 43.4 Å². The van der Waals surface area contributed by atoms with Gasteiger partial charge >= 0.3 is 0 Å². The van der Waals surface area contributed by atoms with Crippen LogP contribution in [0.25, 0.3) is 0 Å². The summed E-state index contributed by atoms with van der Waals surface area (Å²) in [5, 5.41) is 25.1. The quantitative estimate of drug-likeness (QED) is 0.156. The van der Waals surface area contributed by atoms with Crippen molar-refractivity contribution in [3.05, 3.63) is 104 Å². The van der Waals surface area contributed by atoms with Gasteiger partial charge in [0, 0.05) is 24.8 Å². The third-order valence-corrected chi connectivity index (χ3v) is 13.1. The zero-order valence-electron chi connectivity index (χ0n) is 41.4. The fraction of sp³-hybridized carbons (Fsp3) is 0.564. The lowest BCUT2D eigenvalue weighted by atomic mass is 9.80. The lowest BCUT2D eigenvalue weighted by Crippen LogP contribution is -2.17. The smallest absolute Gasteiger partial charge is 0.136 e. The summed E-state index contributed by atoms with van der Waals surface area (Å²) >= 11 is 1.53. The van der Waals surface area contributed by atoms with Gasteiger partial charge in [0.1, 0.15) is 36.2 Å². The molecule has 0 atom stereocenters. The molecular formula is C55H76O9S. The summed E-state index contributed by atoms with van der Waals surface area (Å²) in [5.74, 6) is 1.96. The van der Waals surface area contributed by atoms with Crippen molar-refractivity contribution in [1.82, 2.24) is 0 Å². The number of ether oxygens (including phenoxy) is 7. The molecule has 0 amide bonds. The Kier molecular flexibility index (Phi) is 16.7. The lowest BCUT2D eigenvalue weighted by Gasteiger charge is -2.28. The first kappa shape index (κ1) is 50.6. The van der Waals surface area contributed by atoms with E-state index in [0.29, 0.717) is 104 Å². The van der Waals surface area contributed by atoms with Crippen molar-refractivity contribution >= 4 is 11.8 Å². The molecular weight excluding hydrogens is 837 g/mol. The molecule has 2 heterocycles. The first-order chi connectivity index (χ1) is 30.6. The molecule has 0 aromatic heterocycles. The third-order valence-electron chi connectivity index (χ3n) is 12.1. The van der Waals surface area contributed by atoms with E-state index in [9.17, 15) is 10.2 Å². The molecule has 0 unspecified atom stereocenters. The maximum absolute atomic E-state index is 12.6. The Labute approximate surface area is 393 Å². The molecule has 0 saturated carbocycles. The van der Waals surface area contributed by atoms with Gasteiger partial charge in [0.2, 0.25) is 0 Å². The van der Waals surface area contributed by atoms with Crippen molar-refractivity contribution in [3.8, 4) is 23.0 Å². The van der Waals surface area contributed by atoms with E-state index in [1.54, 1.807) is 0 Å². The summed E-state index contributed by atoms with van der Waals surface area (Å²) < 4.78 is 42.9. The first-order valence-electron chi connectivity index (χ1n) is 23.5. The van der Waals surface area contributed by atoms with E-state index < -0.39 is 0 Å². The van der Waals surface area contributed by atoms with Crippen molar-refractivity contribution in [2.24, 2.45) is 0 Å². The van der Waals surface area contributed by atoms with Crippen LogP contribution >= 0.6 is 11.8 Å². The summed E-state index contributed by atoms with van der Waals surface area (Å²) in [4.78, 5) is 1.64. The number of hydrogen-bond acceptors (Lipinski definition) is 10. The number of rotatable bonds is 0. The molecule has 6 rings (SSSR count). The summed E-state index contributed by atoms with van der Waals surface area (Å²) in [6, 6.07) is 17.5. The predicted octanol–water partition coefficient (Wildman–Crippen LogP) is 11.4. The molecule has 4 aromatic rings. The van der Waals surface area contributed by atoms with Gasteiger partial charge in [0.15, 0.2) is 0 Å². The molecule has 0 saturated heterocycles. The second-order valence-electron chi connectivity index (χ2n) is 21.6. The van der Waals surface area contributed by atoms with Crippen molar-refractivity contribution in [2.45, 2.75) is 134 Å². The minimum Gasteiger partial charge on any atom is -0.507 e. The van der Waals surface area contributed by atoms with Crippen LogP contribution < -0.4 is 9.47 Å². The summed E-state index contributed by atoms with van der Waals surface area (Å²) in [6.45, 7) is 31.5. The Morgan fingerprint density at radius 1 is 0.338 bits per heavy atom. The van der Waals surface area contributed by atoms with E-state index in [0.717, 1.165) is 71.2 Å². The molecule has 10 heteroatoms. The molecule has 4 aromatic carbocycles. The van der Waals surface area contributed by atoms with Gasteiger partial charge < -0.3 is 43.4 Å². The number of benzene rings is 4. The van der Waals surface area contributed by atoms with E-state index in [-0.39, 0.29) is 33.2 Å². The normalized spacial score (nSPS) is 17.2. The molecule has 0 fully saturated rings. The molecule has 65 heavy (non-hydrogen) atoms. The fourth-order valence-electron chi connectivity index (χ4n) is 7.99. The van der Waals surface area contributed by atoms with Gasteiger partial charge in [0.05, 0.1) is 75.9 Å². The molecule has 0 aliphatic carbocycles. The maximum Gasteiger partial charge on any atom is 0.136 e. The largest absolute Gasteiger partial charge is 0.507 e. The average molecular weight is 913 g/mol. The van der Waals surface area contributed by atoms with Crippen LogP contribution in [0.15, 0.2) is 58.3 Å². The van der Waals surface area contributed by atoms with E-state index in [1.165, 1.54) is 11.8 Å². The molecule has 356 valence electrons. The maximum atomic E-state index is 12.6. The SMILES string of the molecule is CC(C)(C)c1cc2c(O)c(c1)Cc1cc(C(C)(C)C)cc3c1OCCOCCOCCOCCOCCOCCOc1c(cc(C(C)(C)C)cc1Cc1cc(C(C)(C)C)cc(c1O)S3)C2. The van der Waals surface area contributed by atoms with Crippen LogP contribution in [0.5, 0.6) is 23.0 Å². The Morgan fingerprint density at radius 3 is 0.985 bits per heavy atom. The summed E-state index contributed by atoms with van der Waals surface area (Å²) in [6.07, 6.45) is 1.27. The standard InChI is InChI=1S/C55H76O9S/c1-52(2,3)42-28-36-25-39-31-43(53(4,5)6)32-40-27-38-30-44(54(7,8)9)34-46(49(38)57)65-47-35-45(55(10,11)12)33-41(26-37(29-42)48(36)56)51(47)64-24-22-62-20-18-60-16-14-58-13-15-59-17-19-61-21-23-63-50(39)40/h28-35,56-57H,13-27H2,1-12H3. The Hall–Kier alpha value is -3.77. The van der Waals surface area contributed by atoms with Gasteiger partial charge in [0.25, 0.3) is 0 Å². The molecule has 2 aliphatic rings. The Balaban J connectivity index is 1.62. The average Bonchev–Trinajstić information content (AvgIpc) is 3.20. The predicted molar refractivity (Wildman–Crippen MR) is 262 cm³/mol. The molecule has 10 bridgehead atoms. The van der Waals surface area contributed by atoms with Crippen LogP contribution in [-0.4, -0.2) is 89.5 Å². The number of hydrogen-bond donors (Lipinski definition) is 2. The van der Waals surface area contributed by atoms with Gasteiger partial charge in [-0.1, -0.05) is 131 Å². The highest BCUT2D eigenvalue weighted by Gasteiger charge is 2.29. The van der Waals surface area contributed by atoms with E-state index in [1.807, 2.05) is 0 Å². The van der Waals surface area contributed by atoms with E-state index in [4.69, 9.17) is 33.2 Å². The third kappa shape index (κ3) is 13.7. The number of phenols is 2. The highest BCUT2D eigenvalue weighted by Crippen LogP contribution is 2.48. The van der Waals surface area contributed by atoms with E-state index >= 15 is 0 Å². The number of fused-ring (bicyclic) bond motifs is 2. The first-order valence-corrected chi connectivity index (χ1v) is 24.3. The zero-order valence-corrected chi connectivity index (χ0v) is 42.2. The van der Waals surface area contributed by atoms with Crippen molar-refractivity contribution in [3.63, 3.8) is 0 Å². The monoisotopic (exact) mass is 913 g/mol. The minimum absolute atomic E-state index is 0.201. The van der Waals surface area contributed by atoms with Gasteiger partial charge in [-0.2, -0.15) is 0 Å². The van der Waals surface area contributed by atoms with Crippen LogP contribution in [0.3, 0.4) is 0 Å². The molecule has 0 radical (unpaired) electrons.